The molecule has 0 unspecified atom stereocenters. The molecular weight excluding hydrogens is 203 g/mol. The van der Waals surface area contributed by atoms with Gasteiger partial charge >= 0.3 is 0 Å². The van der Waals surface area contributed by atoms with Crippen LogP contribution in [-0.4, -0.2) is 6.71 Å². The lowest BCUT2D eigenvalue weighted by Crippen LogP contribution is -2.33. The molecule has 2 heterocycles. The summed E-state index contributed by atoms with van der Waals surface area (Å²) in [6.07, 6.45) is 15.9. The molecule has 1 heteroatoms. The van der Waals surface area contributed by atoms with E-state index in [2.05, 4.69) is 11.7 Å². The van der Waals surface area contributed by atoms with E-state index in [4.69, 9.17) is 0 Å². The van der Waals surface area contributed by atoms with Crippen LogP contribution in [0.25, 0.3) is 0 Å². The number of fused-ring (bicyclic) bond motifs is 2. The standard InChI is InChI=1S/C16H25B/c1-2-6-14(7-3-1)12-13-17-15-8-4-9-16(17)11-5-10-15/h14-16H,1-11H2. The molecule has 2 aliphatic heterocycles. The van der Waals surface area contributed by atoms with Gasteiger partial charge in [-0.05, 0) is 24.5 Å². The second kappa shape index (κ2) is 5.51. The Hall–Kier alpha value is -0.375. The van der Waals surface area contributed by atoms with E-state index in [1.807, 2.05) is 0 Å². The fourth-order valence-electron chi connectivity index (χ4n) is 4.37. The van der Waals surface area contributed by atoms with Gasteiger partial charge in [0.25, 0.3) is 0 Å². The van der Waals surface area contributed by atoms with E-state index in [0.29, 0.717) is 0 Å². The largest absolute Gasteiger partial charge is 0.237 e. The smallest absolute Gasteiger partial charge is 0.154 e. The van der Waals surface area contributed by atoms with Crippen LogP contribution < -0.4 is 0 Å². The molecule has 3 fully saturated rings. The van der Waals surface area contributed by atoms with Crippen molar-refractivity contribution < 1.29 is 0 Å². The van der Waals surface area contributed by atoms with E-state index < -0.39 is 0 Å². The molecule has 2 bridgehead atoms. The van der Waals surface area contributed by atoms with E-state index in [0.717, 1.165) is 24.3 Å². The molecule has 0 aromatic rings. The highest BCUT2D eigenvalue weighted by Crippen LogP contribution is 2.46. The Morgan fingerprint density at radius 2 is 1.24 bits per heavy atom. The summed E-state index contributed by atoms with van der Waals surface area (Å²) >= 11 is 0. The van der Waals surface area contributed by atoms with Gasteiger partial charge in [0.15, 0.2) is 0 Å². The average Bonchev–Trinajstić information content (AvgIpc) is 2.37. The Bertz CT molecular complexity index is 283. The maximum atomic E-state index is 3.74. The molecule has 92 valence electrons. The van der Waals surface area contributed by atoms with Gasteiger partial charge in [-0.25, -0.2) is 0 Å². The molecule has 0 nitrogen and oxygen atoms in total. The summed E-state index contributed by atoms with van der Waals surface area (Å²) < 4.78 is 0. The van der Waals surface area contributed by atoms with Gasteiger partial charge in [-0.3, -0.25) is 0 Å². The van der Waals surface area contributed by atoms with Crippen molar-refractivity contribution in [2.75, 3.05) is 0 Å². The normalized spacial score (nSPS) is 34.0. The maximum Gasteiger partial charge on any atom is 0.237 e. The molecule has 0 aromatic carbocycles. The van der Waals surface area contributed by atoms with Crippen molar-refractivity contribution >= 4 is 6.71 Å². The molecule has 0 N–H and O–H groups in total. The molecular formula is C16H25B. The van der Waals surface area contributed by atoms with Gasteiger partial charge in [0.05, 0.1) is 0 Å². The van der Waals surface area contributed by atoms with Crippen LogP contribution in [0.1, 0.15) is 70.6 Å². The Morgan fingerprint density at radius 1 is 0.647 bits per heavy atom. The molecule has 0 atom stereocenters. The summed E-state index contributed by atoms with van der Waals surface area (Å²) in [5, 5.41) is 0. The lowest BCUT2D eigenvalue weighted by Gasteiger charge is -2.37. The Labute approximate surface area is 107 Å². The molecule has 1 saturated carbocycles. The first-order valence-corrected chi connectivity index (χ1v) is 7.94. The quantitative estimate of drug-likeness (QED) is 0.416. The Kier molecular flexibility index (Phi) is 3.79. The highest BCUT2D eigenvalue weighted by atomic mass is 14.2. The van der Waals surface area contributed by atoms with Crippen molar-refractivity contribution in [2.24, 2.45) is 5.92 Å². The first-order chi connectivity index (χ1) is 8.43. The number of rotatable bonds is 0. The van der Waals surface area contributed by atoms with Crippen molar-refractivity contribution in [2.45, 2.75) is 82.3 Å². The average molecular weight is 228 g/mol. The summed E-state index contributed by atoms with van der Waals surface area (Å²) in [6.45, 7) is 0.791. The predicted octanol–water partition coefficient (Wildman–Crippen LogP) is 4.71. The minimum atomic E-state index is 0.756. The van der Waals surface area contributed by atoms with Crippen molar-refractivity contribution in [3.63, 3.8) is 0 Å². The summed E-state index contributed by atoms with van der Waals surface area (Å²) in [5.74, 6) is 10.1. The van der Waals surface area contributed by atoms with Gasteiger partial charge in [0.1, 0.15) is 0 Å². The number of hydrogen-bond acceptors (Lipinski definition) is 0. The molecule has 1 aliphatic carbocycles. The lowest BCUT2D eigenvalue weighted by molar-refractivity contribution is 0.430. The fraction of sp³-hybridized carbons (Fsp3) is 0.875. The first-order valence-electron chi connectivity index (χ1n) is 7.94. The van der Waals surface area contributed by atoms with Crippen molar-refractivity contribution in [3.8, 4) is 11.7 Å². The maximum absolute atomic E-state index is 3.74. The third-order valence-corrected chi connectivity index (χ3v) is 5.37. The molecule has 0 spiro atoms. The van der Waals surface area contributed by atoms with Crippen LogP contribution >= 0.6 is 0 Å². The van der Waals surface area contributed by atoms with Crippen LogP contribution in [-0.2, 0) is 0 Å². The molecule has 2 saturated heterocycles. The molecule has 17 heavy (non-hydrogen) atoms. The third kappa shape index (κ3) is 2.73. The first kappa shape index (κ1) is 11.7. The Morgan fingerprint density at radius 3 is 1.82 bits per heavy atom. The summed E-state index contributed by atoms with van der Waals surface area (Å²) in [7, 11) is 0. The number of hydrogen-bond donors (Lipinski definition) is 0. The van der Waals surface area contributed by atoms with Crippen LogP contribution in [0, 0.1) is 17.7 Å². The van der Waals surface area contributed by atoms with Crippen LogP contribution in [0.5, 0.6) is 0 Å². The van der Waals surface area contributed by atoms with E-state index in [1.165, 1.54) is 70.6 Å². The minimum Gasteiger partial charge on any atom is -0.154 e. The SMILES string of the molecule is C(#CC1CCCCC1)B1C2CCCC1CCC2. The van der Waals surface area contributed by atoms with Gasteiger partial charge in [0.2, 0.25) is 6.71 Å². The minimum absolute atomic E-state index is 0.756. The van der Waals surface area contributed by atoms with E-state index in [-0.39, 0.29) is 0 Å². The van der Waals surface area contributed by atoms with Crippen LogP contribution in [0.2, 0.25) is 11.6 Å². The Balaban J connectivity index is 1.64. The highest BCUT2D eigenvalue weighted by molar-refractivity contribution is 6.70. The van der Waals surface area contributed by atoms with E-state index >= 15 is 0 Å². The summed E-state index contributed by atoms with van der Waals surface area (Å²) in [5.41, 5.74) is 0. The second-order valence-corrected chi connectivity index (χ2v) is 6.53. The summed E-state index contributed by atoms with van der Waals surface area (Å²) in [6, 6.07) is 0. The summed E-state index contributed by atoms with van der Waals surface area (Å²) in [4.78, 5) is 0. The molecule has 0 radical (unpaired) electrons. The molecule has 0 amide bonds. The van der Waals surface area contributed by atoms with Gasteiger partial charge in [-0.15, -0.1) is 5.92 Å². The van der Waals surface area contributed by atoms with Gasteiger partial charge in [-0.1, -0.05) is 57.8 Å². The lowest BCUT2D eigenvalue weighted by atomic mass is 9.28. The third-order valence-electron chi connectivity index (χ3n) is 5.37. The molecule has 0 aromatic heterocycles. The topological polar surface area (TPSA) is 0 Å². The van der Waals surface area contributed by atoms with Crippen molar-refractivity contribution in [3.05, 3.63) is 0 Å². The molecule has 3 aliphatic rings. The fourth-order valence-corrected chi connectivity index (χ4v) is 4.37. The van der Waals surface area contributed by atoms with Crippen molar-refractivity contribution in [1.82, 2.24) is 0 Å². The van der Waals surface area contributed by atoms with Gasteiger partial charge < -0.3 is 0 Å². The zero-order valence-corrected chi connectivity index (χ0v) is 11.1. The molecule has 3 rings (SSSR count). The van der Waals surface area contributed by atoms with Crippen LogP contribution in [0.4, 0.5) is 0 Å². The van der Waals surface area contributed by atoms with Crippen molar-refractivity contribution in [1.29, 1.82) is 0 Å². The van der Waals surface area contributed by atoms with Crippen LogP contribution in [0.3, 0.4) is 0 Å². The second-order valence-electron chi connectivity index (χ2n) is 6.53. The van der Waals surface area contributed by atoms with E-state index in [1.54, 1.807) is 0 Å². The predicted molar refractivity (Wildman–Crippen MR) is 75.3 cm³/mol. The van der Waals surface area contributed by atoms with Gasteiger partial charge in [-0.2, -0.15) is 5.82 Å². The zero-order valence-electron chi connectivity index (χ0n) is 11.1. The van der Waals surface area contributed by atoms with Crippen LogP contribution in [0.15, 0.2) is 0 Å². The zero-order chi connectivity index (χ0) is 11.5. The monoisotopic (exact) mass is 228 g/mol. The highest BCUT2D eigenvalue weighted by Gasteiger charge is 2.38. The van der Waals surface area contributed by atoms with E-state index in [9.17, 15) is 0 Å². The van der Waals surface area contributed by atoms with Gasteiger partial charge in [0, 0.05) is 5.92 Å².